The van der Waals surface area contributed by atoms with Crippen LogP contribution in [0.5, 0.6) is 0 Å². The van der Waals surface area contributed by atoms with E-state index >= 15 is 0 Å². The zero-order chi connectivity index (χ0) is 19.7. The number of carbonyl (C=O) groups is 2. The molecule has 0 unspecified atom stereocenters. The van der Waals surface area contributed by atoms with Gasteiger partial charge in [-0.1, -0.05) is 17.3 Å². The highest BCUT2D eigenvalue weighted by Gasteiger charge is 2.22. The van der Waals surface area contributed by atoms with Gasteiger partial charge in [-0.3, -0.25) is 14.0 Å². The maximum absolute atomic E-state index is 13.4. The van der Waals surface area contributed by atoms with Crippen molar-refractivity contribution in [1.29, 1.82) is 0 Å². The number of rotatable bonds is 4. The molecule has 3 heterocycles. The van der Waals surface area contributed by atoms with Crippen molar-refractivity contribution in [3.63, 3.8) is 0 Å². The van der Waals surface area contributed by atoms with E-state index in [9.17, 15) is 14.0 Å². The van der Waals surface area contributed by atoms with Crippen LogP contribution in [0.25, 0.3) is 5.52 Å². The van der Waals surface area contributed by atoms with Crippen molar-refractivity contribution in [3.8, 4) is 0 Å². The molecule has 4 rings (SSSR count). The highest BCUT2D eigenvalue weighted by Crippen LogP contribution is 2.17. The number of fused-ring (bicyclic) bond motifs is 1. The smallest absolute Gasteiger partial charge is 0.292 e. The Kier molecular flexibility index (Phi) is 4.32. The quantitative estimate of drug-likeness (QED) is 0.567. The number of hydrogen-bond donors (Lipinski definition) is 2. The molecule has 0 aliphatic rings. The molecule has 0 bridgehead atoms. The van der Waals surface area contributed by atoms with Crippen LogP contribution in [0.2, 0.25) is 0 Å². The van der Waals surface area contributed by atoms with Crippen molar-refractivity contribution < 1.29 is 18.5 Å². The third-order valence-electron chi connectivity index (χ3n) is 3.92. The lowest BCUT2D eigenvalue weighted by atomic mass is 10.3. The van der Waals surface area contributed by atoms with Crippen molar-refractivity contribution in [2.24, 2.45) is 0 Å². The van der Waals surface area contributed by atoms with Gasteiger partial charge in [-0.05, 0) is 37.3 Å². The normalized spacial score (nSPS) is 10.8. The monoisotopic (exact) mass is 379 g/mol. The largest absolute Gasteiger partial charge is 0.360 e. The Labute approximate surface area is 158 Å². The molecule has 4 aromatic rings. The Morgan fingerprint density at radius 2 is 1.93 bits per heavy atom. The summed E-state index contributed by atoms with van der Waals surface area (Å²) in [5.74, 6) is -0.828. The standard InChI is InChI=1S/C19H14FN5O3/c1-11-9-15(24-28-11)22-18(26)16-14-7-2-3-8-25(14)17(23-16)19(27)21-13-6-4-5-12(20)10-13/h2-10H,1H3,(H,21,27)(H,22,24,26). The summed E-state index contributed by atoms with van der Waals surface area (Å²) in [5.41, 5.74) is 0.761. The van der Waals surface area contributed by atoms with Gasteiger partial charge in [0.25, 0.3) is 11.8 Å². The summed E-state index contributed by atoms with van der Waals surface area (Å²) in [6.07, 6.45) is 1.61. The van der Waals surface area contributed by atoms with Gasteiger partial charge in [0.1, 0.15) is 11.6 Å². The molecular weight excluding hydrogens is 365 g/mol. The minimum atomic E-state index is -0.580. The number of benzene rings is 1. The molecule has 28 heavy (non-hydrogen) atoms. The molecule has 0 spiro atoms. The number of imidazole rings is 1. The summed E-state index contributed by atoms with van der Waals surface area (Å²) in [6, 6.07) is 12.1. The number of amides is 2. The van der Waals surface area contributed by atoms with E-state index in [0.717, 1.165) is 0 Å². The number of carbonyl (C=O) groups excluding carboxylic acids is 2. The van der Waals surface area contributed by atoms with Gasteiger partial charge in [0.2, 0.25) is 5.82 Å². The zero-order valence-corrected chi connectivity index (χ0v) is 14.6. The van der Waals surface area contributed by atoms with Gasteiger partial charge in [0.05, 0.1) is 5.52 Å². The number of anilines is 2. The molecule has 0 aliphatic carbocycles. The van der Waals surface area contributed by atoms with Crippen LogP contribution in [-0.4, -0.2) is 26.4 Å². The molecule has 9 heteroatoms. The molecule has 1 aromatic carbocycles. The fourth-order valence-electron chi connectivity index (χ4n) is 2.72. The van der Waals surface area contributed by atoms with Crippen molar-refractivity contribution in [2.45, 2.75) is 6.92 Å². The van der Waals surface area contributed by atoms with E-state index in [1.807, 2.05) is 0 Å². The Balaban J connectivity index is 1.67. The molecular formula is C19H14FN5O3. The Bertz CT molecular complexity index is 1200. The van der Waals surface area contributed by atoms with E-state index in [4.69, 9.17) is 4.52 Å². The second kappa shape index (κ2) is 6.95. The van der Waals surface area contributed by atoms with Crippen LogP contribution in [0, 0.1) is 12.7 Å². The number of aromatic nitrogens is 3. The van der Waals surface area contributed by atoms with Crippen LogP contribution in [0.4, 0.5) is 15.9 Å². The van der Waals surface area contributed by atoms with Gasteiger partial charge in [-0.15, -0.1) is 0 Å². The lowest BCUT2D eigenvalue weighted by molar-refractivity contribution is 0.101. The van der Waals surface area contributed by atoms with Gasteiger partial charge >= 0.3 is 0 Å². The number of pyridine rings is 1. The second-order valence-electron chi connectivity index (χ2n) is 5.98. The van der Waals surface area contributed by atoms with E-state index < -0.39 is 17.6 Å². The second-order valence-corrected chi connectivity index (χ2v) is 5.98. The molecule has 2 amide bonds. The molecule has 0 saturated heterocycles. The van der Waals surface area contributed by atoms with Gasteiger partial charge in [0, 0.05) is 18.0 Å². The lowest BCUT2D eigenvalue weighted by Gasteiger charge is -2.04. The summed E-state index contributed by atoms with van der Waals surface area (Å²) in [5, 5.41) is 8.87. The van der Waals surface area contributed by atoms with Crippen LogP contribution in [0.3, 0.4) is 0 Å². The third kappa shape index (κ3) is 3.32. The number of hydrogen-bond acceptors (Lipinski definition) is 5. The van der Waals surface area contributed by atoms with Gasteiger partial charge in [0.15, 0.2) is 11.5 Å². The molecule has 3 aromatic heterocycles. The number of aryl methyl sites for hydroxylation is 1. The Morgan fingerprint density at radius 3 is 2.68 bits per heavy atom. The first kappa shape index (κ1) is 17.4. The van der Waals surface area contributed by atoms with E-state index in [2.05, 4.69) is 20.8 Å². The average Bonchev–Trinajstić information content (AvgIpc) is 3.25. The van der Waals surface area contributed by atoms with Crippen LogP contribution >= 0.6 is 0 Å². The van der Waals surface area contributed by atoms with Crippen LogP contribution in [0.1, 0.15) is 26.9 Å². The van der Waals surface area contributed by atoms with Crippen LogP contribution < -0.4 is 10.6 Å². The first-order chi connectivity index (χ1) is 13.5. The molecule has 0 radical (unpaired) electrons. The fraction of sp³-hybridized carbons (Fsp3) is 0.0526. The summed E-state index contributed by atoms with van der Waals surface area (Å²) in [7, 11) is 0. The van der Waals surface area contributed by atoms with Crippen molar-refractivity contribution in [1.82, 2.24) is 14.5 Å². The van der Waals surface area contributed by atoms with Crippen LogP contribution in [-0.2, 0) is 0 Å². The maximum atomic E-state index is 13.4. The number of halogens is 1. The van der Waals surface area contributed by atoms with Gasteiger partial charge in [-0.25, -0.2) is 9.37 Å². The van der Waals surface area contributed by atoms with E-state index in [1.54, 1.807) is 43.5 Å². The first-order valence-electron chi connectivity index (χ1n) is 8.30. The number of nitrogens with one attached hydrogen (secondary N) is 2. The molecule has 2 N–H and O–H groups in total. The molecule has 0 fully saturated rings. The summed E-state index contributed by atoms with van der Waals surface area (Å²) < 4.78 is 19.8. The van der Waals surface area contributed by atoms with Gasteiger partial charge in [-0.2, -0.15) is 0 Å². The lowest BCUT2D eigenvalue weighted by Crippen LogP contribution is -2.16. The third-order valence-corrected chi connectivity index (χ3v) is 3.92. The molecule has 0 atom stereocenters. The summed E-state index contributed by atoms with van der Waals surface area (Å²) in [6.45, 7) is 1.70. The highest BCUT2D eigenvalue weighted by molar-refractivity contribution is 6.10. The highest BCUT2D eigenvalue weighted by atomic mass is 19.1. The molecule has 0 aliphatic heterocycles. The number of nitrogens with zero attached hydrogens (tertiary/aromatic N) is 3. The van der Waals surface area contributed by atoms with Gasteiger partial charge < -0.3 is 15.2 Å². The fourth-order valence-corrected chi connectivity index (χ4v) is 2.72. The molecule has 140 valence electrons. The summed E-state index contributed by atoms with van der Waals surface area (Å²) in [4.78, 5) is 29.5. The van der Waals surface area contributed by atoms with E-state index in [-0.39, 0.29) is 23.0 Å². The Hall–Kier alpha value is -4.01. The minimum Gasteiger partial charge on any atom is -0.360 e. The van der Waals surface area contributed by atoms with Crippen molar-refractivity contribution in [2.75, 3.05) is 10.6 Å². The minimum absolute atomic E-state index is 0.0126. The molecule has 0 saturated carbocycles. The first-order valence-corrected chi connectivity index (χ1v) is 8.30. The summed E-state index contributed by atoms with van der Waals surface area (Å²) >= 11 is 0. The maximum Gasteiger partial charge on any atom is 0.292 e. The molecule has 8 nitrogen and oxygen atoms in total. The van der Waals surface area contributed by atoms with Crippen molar-refractivity contribution >= 4 is 28.8 Å². The van der Waals surface area contributed by atoms with Crippen LogP contribution in [0.15, 0.2) is 59.3 Å². The zero-order valence-electron chi connectivity index (χ0n) is 14.6. The average molecular weight is 379 g/mol. The topological polar surface area (TPSA) is 102 Å². The predicted molar refractivity (Wildman–Crippen MR) is 98.7 cm³/mol. The Morgan fingerprint density at radius 1 is 1.07 bits per heavy atom. The van der Waals surface area contributed by atoms with E-state index in [1.165, 1.54) is 22.6 Å². The van der Waals surface area contributed by atoms with Crippen molar-refractivity contribution in [3.05, 3.63) is 77.8 Å². The SMILES string of the molecule is Cc1cc(NC(=O)c2nc(C(=O)Nc3cccc(F)c3)n3ccccc23)no1. The predicted octanol–water partition coefficient (Wildman–Crippen LogP) is 3.27. The van der Waals surface area contributed by atoms with E-state index in [0.29, 0.717) is 11.3 Å².